The predicted octanol–water partition coefficient (Wildman–Crippen LogP) is 1.75. The molecule has 1 N–H and O–H groups in total. The number of aromatic nitrogens is 2. The van der Waals surface area contributed by atoms with E-state index in [1.807, 2.05) is 24.1 Å². The zero-order chi connectivity index (χ0) is 13.1. The maximum Gasteiger partial charge on any atom is 0.0728 e. The average Bonchev–Trinajstić information content (AvgIpc) is 2.97. The fourth-order valence-electron chi connectivity index (χ4n) is 2.25. The van der Waals surface area contributed by atoms with Crippen LogP contribution >= 0.6 is 0 Å². The average molecular weight is 258 g/mol. The van der Waals surface area contributed by atoms with E-state index in [0.717, 1.165) is 37.7 Å². The van der Waals surface area contributed by atoms with Crippen molar-refractivity contribution in [1.29, 1.82) is 0 Å². The molecule has 1 saturated heterocycles. The molecule has 0 amide bonds. The quantitative estimate of drug-likeness (QED) is 0.911. The summed E-state index contributed by atoms with van der Waals surface area (Å²) in [5, 5.41) is 7.44. The summed E-state index contributed by atoms with van der Waals surface area (Å²) >= 11 is 0. The minimum absolute atomic E-state index is 0.801. The molecule has 0 radical (unpaired) electrons. The van der Waals surface area contributed by atoms with Gasteiger partial charge in [0.05, 0.1) is 37.0 Å². The van der Waals surface area contributed by atoms with Crippen molar-refractivity contribution in [2.24, 2.45) is 0 Å². The van der Waals surface area contributed by atoms with E-state index in [4.69, 9.17) is 4.74 Å². The Labute approximate surface area is 112 Å². The highest BCUT2D eigenvalue weighted by atomic mass is 16.5. The van der Waals surface area contributed by atoms with Crippen LogP contribution in [0.15, 0.2) is 36.7 Å². The third kappa shape index (κ3) is 2.56. The highest BCUT2D eigenvalue weighted by molar-refractivity contribution is 5.54. The number of hydrogen-bond donors (Lipinski definition) is 1. The maximum atomic E-state index is 5.39. The SMILES string of the molecule is CNc1cnn(-c2cccc(N3CCOCC3)c2)c1. The Hall–Kier alpha value is -2.01. The van der Waals surface area contributed by atoms with Crippen molar-refractivity contribution in [2.75, 3.05) is 43.6 Å². The van der Waals surface area contributed by atoms with Crippen LogP contribution in [0, 0.1) is 0 Å². The van der Waals surface area contributed by atoms with Gasteiger partial charge in [-0.15, -0.1) is 0 Å². The highest BCUT2D eigenvalue weighted by Crippen LogP contribution is 2.20. The maximum absolute atomic E-state index is 5.39. The minimum Gasteiger partial charge on any atom is -0.386 e. The molecule has 2 aromatic rings. The molecular formula is C14H18N4O. The van der Waals surface area contributed by atoms with E-state index in [1.165, 1.54) is 5.69 Å². The molecule has 0 spiro atoms. The fraction of sp³-hybridized carbons (Fsp3) is 0.357. The normalized spacial score (nSPS) is 15.5. The number of morpholine rings is 1. The molecule has 0 saturated carbocycles. The lowest BCUT2D eigenvalue weighted by Crippen LogP contribution is -2.36. The lowest BCUT2D eigenvalue weighted by Gasteiger charge is -2.29. The first-order valence-corrected chi connectivity index (χ1v) is 6.52. The summed E-state index contributed by atoms with van der Waals surface area (Å²) in [4.78, 5) is 2.34. The van der Waals surface area contributed by atoms with Gasteiger partial charge in [-0.1, -0.05) is 6.07 Å². The van der Waals surface area contributed by atoms with Gasteiger partial charge in [-0.25, -0.2) is 4.68 Å². The Bertz CT molecular complexity index is 546. The number of nitrogens with one attached hydrogen (secondary N) is 1. The van der Waals surface area contributed by atoms with E-state index in [-0.39, 0.29) is 0 Å². The summed E-state index contributed by atoms with van der Waals surface area (Å²) in [5.41, 5.74) is 3.31. The standard InChI is InChI=1S/C14H18N4O/c1-15-12-10-16-18(11-12)14-4-2-3-13(9-14)17-5-7-19-8-6-17/h2-4,9-11,15H,5-8H2,1H3. The van der Waals surface area contributed by atoms with Gasteiger partial charge in [0, 0.05) is 25.8 Å². The molecule has 1 aliphatic heterocycles. The van der Waals surface area contributed by atoms with Crippen molar-refractivity contribution in [1.82, 2.24) is 9.78 Å². The number of hydrogen-bond acceptors (Lipinski definition) is 4. The molecule has 1 fully saturated rings. The first-order valence-electron chi connectivity index (χ1n) is 6.52. The zero-order valence-electron chi connectivity index (χ0n) is 11.0. The van der Waals surface area contributed by atoms with Gasteiger partial charge < -0.3 is 15.0 Å². The number of benzene rings is 1. The summed E-state index contributed by atoms with van der Waals surface area (Å²) in [6, 6.07) is 8.44. The Kier molecular flexibility index (Phi) is 3.37. The third-order valence-corrected chi connectivity index (χ3v) is 3.34. The fourth-order valence-corrected chi connectivity index (χ4v) is 2.25. The number of anilines is 2. The Morgan fingerprint density at radius 2 is 2.00 bits per heavy atom. The molecule has 1 aliphatic rings. The van der Waals surface area contributed by atoms with Gasteiger partial charge in [0.25, 0.3) is 0 Å². The molecule has 19 heavy (non-hydrogen) atoms. The molecule has 0 bridgehead atoms. The van der Waals surface area contributed by atoms with Crippen LogP contribution < -0.4 is 10.2 Å². The van der Waals surface area contributed by atoms with Gasteiger partial charge in [-0.2, -0.15) is 5.10 Å². The molecule has 5 nitrogen and oxygen atoms in total. The summed E-state index contributed by atoms with van der Waals surface area (Å²) < 4.78 is 7.27. The van der Waals surface area contributed by atoms with Crippen LogP contribution in [0.4, 0.5) is 11.4 Å². The van der Waals surface area contributed by atoms with E-state index in [9.17, 15) is 0 Å². The van der Waals surface area contributed by atoms with Crippen molar-refractivity contribution in [2.45, 2.75) is 0 Å². The first kappa shape index (κ1) is 12.0. The summed E-state index contributed by atoms with van der Waals surface area (Å²) in [6.07, 6.45) is 3.81. The largest absolute Gasteiger partial charge is 0.386 e. The molecule has 1 aromatic heterocycles. The van der Waals surface area contributed by atoms with Crippen LogP contribution in [-0.4, -0.2) is 43.1 Å². The second-order valence-corrected chi connectivity index (χ2v) is 4.54. The van der Waals surface area contributed by atoms with Crippen molar-refractivity contribution >= 4 is 11.4 Å². The lowest BCUT2D eigenvalue weighted by atomic mass is 10.2. The second-order valence-electron chi connectivity index (χ2n) is 4.54. The number of rotatable bonds is 3. The van der Waals surface area contributed by atoms with E-state index < -0.39 is 0 Å². The van der Waals surface area contributed by atoms with Crippen molar-refractivity contribution in [3.05, 3.63) is 36.7 Å². The molecule has 2 heterocycles. The molecule has 0 unspecified atom stereocenters. The van der Waals surface area contributed by atoms with Crippen LogP contribution in [0.5, 0.6) is 0 Å². The number of nitrogens with zero attached hydrogens (tertiary/aromatic N) is 3. The van der Waals surface area contributed by atoms with Crippen LogP contribution in [0.2, 0.25) is 0 Å². The topological polar surface area (TPSA) is 42.3 Å². The Morgan fingerprint density at radius 3 is 2.74 bits per heavy atom. The lowest BCUT2D eigenvalue weighted by molar-refractivity contribution is 0.122. The monoisotopic (exact) mass is 258 g/mol. The second kappa shape index (κ2) is 5.32. The Balaban J connectivity index is 1.86. The molecule has 100 valence electrons. The van der Waals surface area contributed by atoms with E-state index in [2.05, 4.69) is 39.6 Å². The van der Waals surface area contributed by atoms with Gasteiger partial charge in [0.1, 0.15) is 0 Å². The minimum atomic E-state index is 0.801. The highest BCUT2D eigenvalue weighted by Gasteiger charge is 2.11. The van der Waals surface area contributed by atoms with Gasteiger partial charge >= 0.3 is 0 Å². The molecular weight excluding hydrogens is 240 g/mol. The van der Waals surface area contributed by atoms with Gasteiger partial charge in [-0.05, 0) is 18.2 Å². The molecule has 5 heteroatoms. The van der Waals surface area contributed by atoms with E-state index in [1.54, 1.807) is 0 Å². The van der Waals surface area contributed by atoms with Crippen molar-refractivity contribution in [3.8, 4) is 5.69 Å². The molecule has 0 atom stereocenters. The summed E-state index contributed by atoms with van der Waals surface area (Å²) in [5.74, 6) is 0. The van der Waals surface area contributed by atoms with Crippen LogP contribution in [0.1, 0.15) is 0 Å². The van der Waals surface area contributed by atoms with E-state index >= 15 is 0 Å². The van der Waals surface area contributed by atoms with Gasteiger partial charge in [0.15, 0.2) is 0 Å². The van der Waals surface area contributed by atoms with Gasteiger partial charge in [0.2, 0.25) is 0 Å². The summed E-state index contributed by atoms with van der Waals surface area (Å²) in [7, 11) is 1.89. The van der Waals surface area contributed by atoms with E-state index in [0.29, 0.717) is 0 Å². The predicted molar refractivity (Wildman–Crippen MR) is 76.1 cm³/mol. The summed E-state index contributed by atoms with van der Waals surface area (Å²) in [6.45, 7) is 3.50. The Morgan fingerprint density at radius 1 is 1.21 bits per heavy atom. The van der Waals surface area contributed by atoms with Crippen LogP contribution in [0.25, 0.3) is 5.69 Å². The van der Waals surface area contributed by atoms with Crippen LogP contribution in [0.3, 0.4) is 0 Å². The third-order valence-electron chi connectivity index (χ3n) is 3.34. The molecule has 3 rings (SSSR count). The van der Waals surface area contributed by atoms with Crippen molar-refractivity contribution < 1.29 is 4.74 Å². The van der Waals surface area contributed by atoms with Crippen molar-refractivity contribution in [3.63, 3.8) is 0 Å². The number of ether oxygens (including phenoxy) is 1. The van der Waals surface area contributed by atoms with Gasteiger partial charge in [-0.3, -0.25) is 0 Å². The smallest absolute Gasteiger partial charge is 0.0728 e. The first-order chi connectivity index (χ1) is 9.36. The zero-order valence-corrected chi connectivity index (χ0v) is 11.0. The molecule has 1 aromatic carbocycles. The van der Waals surface area contributed by atoms with Crippen LogP contribution in [-0.2, 0) is 4.74 Å². The molecule has 0 aliphatic carbocycles.